The van der Waals surface area contributed by atoms with E-state index in [0.29, 0.717) is 17.8 Å². The maximum atomic E-state index is 2.36. The summed E-state index contributed by atoms with van der Waals surface area (Å²) in [4.78, 5) is 0. The van der Waals surface area contributed by atoms with Crippen LogP contribution in [0.5, 0.6) is 0 Å². The van der Waals surface area contributed by atoms with E-state index < -0.39 is 0 Å². The van der Waals surface area contributed by atoms with Crippen LogP contribution in [0, 0.1) is 0 Å². The lowest BCUT2D eigenvalue weighted by Crippen LogP contribution is -2.13. The summed E-state index contributed by atoms with van der Waals surface area (Å²) in [6.07, 6.45) is 8.11. The van der Waals surface area contributed by atoms with Crippen molar-refractivity contribution in [2.75, 3.05) is 0 Å². The second-order valence-corrected chi connectivity index (χ2v) is 8.19. The third kappa shape index (κ3) is 5.47. The second kappa shape index (κ2) is 10.6. The number of fused-ring (bicyclic) bond motifs is 1. The molecular formula is C26H38. The third-order valence-electron chi connectivity index (χ3n) is 5.75. The molecule has 0 aromatic heterocycles. The van der Waals surface area contributed by atoms with Gasteiger partial charge in [0.1, 0.15) is 0 Å². The Bertz CT molecular complexity index is 631. The molecule has 3 rings (SSSR count). The van der Waals surface area contributed by atoms with Crippen LogP contribution in [0.15, 0.2) is 48.5 Å². The number of unbranched alkanes of at least 4 members (excludes halogenated alkanes) is 3. The Labute approximate surface area is 162 Å². The number of hydrogen-bond donors (Lipinski definition) is 0. The highest BCUT2D eigenvalue weighted by molar-refractivity contribution is 5.42. The maximum Gasteiger partial charge on any atom is 0.00923 e. The molecule has 0 aliphatic heterocycles. The van der Waals surface area contributed by atoms with E-state index in [1.165, 1.54) is 49.7 Å². The van der Waals surface area contributed by atoms with Gasteiger partial charge in [-0.15, -0.1) is 0 Å². The summed E-state index contributed by atoms with van der Waals surface area (Å²) >= 11 is 0. The van der Waals surface area contributed by atoms with Crippen molar-refractivity contribution in [3.63, 3.8) is 0 Å². The molecule has 0 radical (unpaired) electrons. The van der Waals surface area contributed by atoms with E-state index in [1.54, 1.807) is 11.1 Å². The Balaban J connectivity index is 0.000000352. The van der Waals surface area contributed by atoms with Crippen LogP contribution < -0.4 is 0 Å². The van der Waals surface area contributed by atoms with Crippen LogP contribution in [0.25, 0.3) is 0 Å². The third-order valence-corrected chi connectivity index (χ3v) is 5.75. The Hall–Kier alpha value is -1.56. The van der Waals surface area contributed by atoms with Crippen molar-refractivity contribution in [2.45, 2.75) is 90.9 Å². The minimum Gasteiger partial charge on any atom is -0.0654 e. The van der Waals surface area contributed by atoms with Gasteiger partial charge in [0.05, 0.1) is 0 Å². The van der Waals surface area contributed by atoms with Gasteiger partial charge in [0.15, 0.2) is 0 Å². The molecule has 0 fully saturated rings. The molecule has 1 aliphatic rings. The van der Waals surface area contributed by atoms with Crippen LogP contribution in [-0.2, 0) is 0 Å². The summed E-state index contributed by atoms with van der Waals surface area (Å²) in [5.74, 6) is 1.91. The van der Waals surface area contributed by atoms with Crippen molar-refractivity contribution in [1.29, 1.82) is 0 Å². The van der Waals surface area contributed by atoms with Crippen LogP contribution in [0.3, 0.4) is 0 Å². The Morgan fingerprint density at radius 3 is 1.92 bits per heavy atom. The first-order valence-corrected chi connectivity index (χ1v) is 10.8. The van der Waals surface area contributed by atoms with Crippen molar-refractivity contribution >= 4 is 0 Å². The minimum absolute atomic E-state index is 0.587. The van der Waals surface area contributed by atoms with Gasteiger partial charge >= 0.3 is 0 Å². The van der Waals surface area contributed by atoms with Crippen LogP contribution >= 0.6 is 0 Å². The molecule has 0 amide bonds. The van der Waals surface area contributed by atoms with Gasteiger partial charge in [-0.1, -0.05) is 109 Å². The average Bonchev–Trinajstić information content (AvgIpc) is 2.67. The monoisotopic (exact) mass is 350 g/mol. The normalized spacial score (nSPS) is 18.8. The molecule has 1 aliphatic carbocycles. The number of hydrogen-bond acceptors (Lipinski definition) is 0. The smallest absolute Gasteiger partial charge is 0.00923 e. The molecule has 142 valence electrons. The van der Waals surface area contributed by atoms with E-state index in [1.807, 2.05) is 0 Å². The van der Waals surface area contributed by atoms with Gasteiger partial charge in [-0.05, 0) is 46.9 Å². The second-order valence-electron chi connectivity index (χ2n) is 8.19. The molecule has 2 aromatic carbocycles. The van der Waals surface area contributed by atoms with E-state index in [-0.39, 0.29) is 0 Å². The van der Waals surface area contributed by atoms with E-state index in [4.69, 9.17) is 0 Å². The summed E-state index contributed by atoms with van der Waals surface area (Å²) in [5, 5.41) is 0. The molecular weight excluding hydrogens is 312 g/mol. The predicted octanol–water partition coefficient (Wildman–Crippen LogP) is 8.43. The van der Waals surface area contributed by atoms with Crippen LogP contribution in [0.2, 0.25) is 0 Å². The molecule has 0 N–H and O–H groups in total. The van der Waals surface area contributed by atoms with Gasteiger partial charge in [-0.2, -0.15) is 0 Å². The topological polar surface area (TPSA) is 0 Å². The lowest BCUT2D eigenvalue weighted by atomic mass is 9.74. The molecule has 0 saturated heterocycles. The zero-order valence-electron chi connectivity index (χ0n) is 17.6. The first kappa shape index (κ1) is 20.7. The minimum atomic E-state index is 0.587. The highest BCUT2D eigenvalue weighted by atomic mass is 14.3. The van der Waals surface area contributed by atoms with Gasteiger partial charge in [0.2, 0.25) is 0 Å². The Morgan fingerprint density at radius 2 is 1.38 bits per heavy atom. The van der Waals surface area contributed by atoms with Crippen molar-refractivity contribution in [2.24, 2.45) is 0 Å². The van der Waals surface area contributed by atoms with Crippen molar-refractivity contribution in [3.05, 3.63) is 70.8 Å². The maximum absolute atomic E-state index is 2.36. The van der Waals surface area contributed by atoms with Crippen molar-refractivity contribution < 1.29 is 0 Å². The molecule has 0 saturated carbocycles. The standard InChI is InChI=1S/C20H24.C6H14/c1-14(2)16-9-11-17(12-10-16)19-13-8-15(3)18-6-4-5-7-20(18)19;1-3-5-6-4-2/h4-7,9-12,14-15,19H,8,13H2,1-3H3;3-6H2,1-2H3. The molecule has 0 bridgehead atoms. The molecule has 2 atom stereocenters. The predicted molar refractivity (Wildman–Crippen MR) is 116 cm³/mol. The van der Waals surface area contributed by atoms with Gasteiger partial charge in [0, 0.05) is 5.92 Å². The first-order chi connectivity index (χ1) is 12.6. The Kier molecular flexibility index (Phi) is 8.42. The van der Waals surface area contributed by atoms with Crippen LogP contribution in [0.1, 0.15) is 113 Å². The highest BCUT2D eigenvalue weighted by Gasteiger charge is 2.25. The molecule has 0 heterocycles. The molecule has 26 heavy (non-hydrogen) atoms. The largest absolute Gasteiger partial charge is 0.0654 e. The SMILES string of the molecule is CC(C)c1ccc(C2CCC(C)c3ccccc32)cc1.CCCCCC. The average molecular weight is 351 g/mol. The van der Waals surface area contributed by atoms with Gasteiger partial charge in [-0.25, -0.2) is 0 Å². The zero-order chi connectivity index (χ0) is 18.9. The molecule has 2 aromatic rings. The quantitative estimate of drug-likeness (QED) is 0.475. The van der Waals surface area contributed by atoms with Crippen molar-refractivity contribution in [1.82, 2.24) is 0 Å². The lowest BCUT2D eigenvalue weighted by Gasteiger charge is -2.30. The fourth-order valence-corrected chi connectivity index (χ4v) is 3.96. The molecule has 0 heteroatoms. The van der Waals surface area contributed by atoms with Crippen LogP contribution in [-0.4, -0.2) is 0 Å². The summed E-state index contributed by atoms with van der Waals surface area (Å²) in [6.45, 7) is 11.3. The highest BCUT2D eigenvalue weighted by Crippen LogP contribution is 2.41. The number of benzene rings is 2. The molecule has 0 spiro atoms. The molecule has 2 unspecified atom stereocenters. The first-order valence-electron chi connectivity index (χ1n) is 10.8. The summed E-state index contributed by atoms with van der Waals surface area (Å²) in [7, 11) is 0. The van der Waals surface area contributed by atoms with E-state index in [0.717, 1.165) is 0 Å². The van der Waals surface area contributed by atoms with E-state index in [9.17, 15) is 0 Å². The van der Waals surface area contributed by atoms with Gasteiger partial charge in [0.25, 0.3) is 0 Å². The summed E-state index contributed by atoms with van der Waals surface area (Å²) < 4.78 is 0. The van der Waals surface area contributed by atoms with Crippen LogP contribution in [0.4, 0.5) is 0 Å². The van der Waals surface area contributed by atoms with E-state index in [2.05, 4.69) is 83.1 Å². The zero-order valence-corrected chi connectivity index (χ0v) is 17.6. The van der Waals surface area contributed by atoms with E-state index >= 15 is 0 Å². The lowest BCUT2D eigenvalue weighted by molar-refractivity contribution is 0.545. The molecule has 0 nitrogen and oxygen atoms in total. The van der Waals surface area contributed by atoms with Crippen molar-refractivity contribution in [3.8, 4) is 0 Å². The van der Waals surface area contributed by atoms with Gasteiger partial charge in [-0.3, -0.25) is 0 Å². The van der Waals surface area contributed by atoms with Gasteiger partial charge < -0.3 is 0 Å². The summed E-state index contributed by atoms with van der Waals surface area (Å²) in [6, 6.07) is 18.3. The fraction of sp³-hybridized carbons (Fsp3) is 0.538. The fourth-order valence-electron chi connectivity index (χ4n) is 3.96. The Morgan fingerprint density at radius 1 is 0.808 bits per heavy atom. The number of rotatable bonds is 5. The summed E-state index contributed by atoms with van der Waals surface area (Å²) in [5.41, 5.74) is 6.01.